The molecule has 0 aliphatic heterocycles. The Morgan fingerprint density at radius 1 is 1.37 bits per heavy atom. The van der Waals surface area contributed by atoms with Gasteiger partial charge in [0.2, 0.25) is 0 Å². The van der Waals surface area contributed by atoms with Crippen LogP contribution in [0, 0.1) is 18.2 Å². The van der Waals surface area contributed by atoms with E-state index in [9.17, 15) is 17.6 Å². The lowest BCUT2D eigenvalue weighted by molar-refractivity contribution is -0.140. The summed E-state index contributed by atoms with van der Waals surface area (Å²) in [5, 5.41) is 2.96. The topological polar surface area (TPSA) is 12.0 Å². The molecule has 0 bridgehead atoms. The second-order valence-electron chi connectivity index (χ2n) is 4.12. The number of benzene rings is 1. The Morgan fingerprint density at radius 3 is 2.58 bits per heavy atom. The van der Waals surface area contributed by atoms with Gasteiger partial charge in [0.05, 0.1) is 5.56 Å². The molecule has 0 saturated heterocycles. The summed E-state index contributed by atoms with van der Waals surface area (Å²) in [5.41, 5.74) is -1.30. The molecule has 0 saturated carbocycles. The Kier molecular flexibility index (Phi) is 5.37. The first kappa shape index (κ1) is 15.5. The van der Waals surface area contributed by atoms with E-state index in [1.807, 2.05) is 6.92 Å². The zero-order valence-electron chi connectivity index (χ0n) is 10.5. The van der Waals surface area contributed by atoms with Gasteiger partial charge in [-0.2, -0.15) is 13.2 Å². The van der Waals surface area contributed by atoms with Gasteiger partial charge in [-0.05, 0) is 19.0 Å². The van der Waals surface area contributed by atoms with Gasteiger partial charge in [0.1, 0.15) is 5.82 Å². The van der Waals surface area contributed by atoms with Crippen LogP contribution in [0.2, 0.25) is 0 Å². The molecule has 1 atom stereocenters. The van der Waals surface area contributed by atoms with Gasteiger partial charge in [-0.1, -0.05) is 19.1 Å². The number of hydrogen-bond acceptors (Lipinski definition) is 1. The number of hydrogen-bond donors (Lipinski definition) is 1. The molecule has 1 aromatic rings. The minimum atomic E-state index is -4.70. The zero-order valence-corrected chi connectivity index (χ0v) is 10.5. The molecule has 0 radical (unpaired) electrons. The largest absolute Gasteiger partial charge is 0.419 e. The molecule has 0 aliphatic carbocycles. The van der Waals surface area contributed by atoms with Crippen LogP contribution >= 0.6 is 0 Å². The van der Waals surface area contributed by atoms with Crippen LogP contribution in [0.5, 0.6) is 0 Å². The molecule has 0 aliphatic rings. The Hall–Kier alpha value is -1.54. The SMILES string of the molecule is C#CCC(NCCC)c1cccc(C(F)(F)F)c1F. The van der Waals surface area contributed by atoms with Gasteiger partial charge in [-0.25, -0.2) is 4.39 Å². The van der Waals surface area contributed by atoms with E-state index in [4.69, 9.17) is 6.42 Å². The van der Waals surface area contributed by atoms with E-state index < -0.39 is 23.6 Å². The average molecular weight is 273 g/mol. The van der Waals surface area contributed by atoms with Crippen molar-refractivity contribution in [3.8, 4) is 12.3 Å². The predicted octanol–water partition coefficient (Wildman–Crippen LogP) is 3.91. The lowest BCUT2D eigenvalue weighted by atomic mass is 10.00. The first-order valence-electron chi connectivity index (χ1n) is 5.94. The maximum atomic E-state index is 13.9. The summed E-state index contributed by atoms with van der Waals surface area (Å²) in [6.45, 7) is 2.46. The quantitative estimate of drug-likeness (QED) is 0.633. The molecule has 0 spiro atoms. The third-order valence-corrected chi connectivity index (χ3v) is 2.67. The van der Waals surface area contributed by atoms with Gasteiger partial charge in [-0.3, -0.25) is 0 Å². The summed E-state index contributed by atoms with van der Waals surface area (Å²) < 4.78 is 51.8. The number of halogens is 4. The van der Waals surface area contributed by atoms with Crippen molar-refractivity contribution < 1.29 is 17.6 Å². The van der Waals surface area contributed by atoms with Crippen molar-refractivity contribution in [2.24, 2.45) is 0 Å². The number of rotatable bonds is 5. The lowest BCUT2D eigenvalue weighted by Crippen LogP contribution is -2.24. The molecule has 19 heavy (non-hydrogen) atoms. The fraction of sp³-hybridized carbons (Fsp3) is 0.429. The smallest absolute Gasteiger partial charge is 0.309 e. The second-order valence-corrected chi connectivity index (χ2v) is 4.12. The highest BCUT2D eigenvalue weighted by molar-refractivity contribution is 5.31. The summed E-state index contributed by atoms with van der Waals surface area (Å²) >= 11 is 0. The van der Waals surface area contributed by atoms with Crippen molar-refractivity contribution in [1.29, 1.82) is 0 Å². The highest BCUT2D eigenvalue weighted by Gasteiger charge is 2.35. The molecule has 1 nitrogen and oxygen atoms in total. The Bertz CT molecular complexity index is 459. The molecule has 0 fully saturated rings. The fourth-order valence-electron chi connectivity index (χ4n) is 1.77. The maximum Gasteiger partial charge on any atom is 0.419 e. The van der Waals surface area contributed by atoms with Crippen molar-refractivity contribution in [1.82, 2.24) is 5.32 Å². The fourth-order valence-corrected chi connectivity index (χ4v) is 1.77. The number of nitrogens with one attached hydrogen (secondary N) is 1. The monoisotopic (exact) mass is 273 g/mol. The molecule has 1 unspecified atom stereocenters. The number of terminal acetylenes is 1. The summed E-state index contributed by atoms with van der Waals surface area (Å²) in [6.07, 6.45) is 1.39. The molecule has 1 rings (SSSR count). The van der Waals surface area contributed by atoms with Crippen LogP contribution in [0.25, 0.3) is 0 Å². The highest BCUT2D eigenvalue weighted by Crippen LogP contribution is 2.34. The van der Waals surface area contributed by atoms with Crippen molar-refractivity contribution >= 4 is 0 Å². The molecular weight excluding hydrogens is 258 g/mol. The Morgan fingerprint density at radius 2 is 2.05 bits per heavy atom. The Labute approximate surface area is 110 Å². The van der Waals surface area contributed by atoms with Gasteiger partial charge in [0.25, 0.3) is 0 Å². The van der Waals surface area contributed by atoms with E-state index in [2.05, 4.69) is 11.2 Å². The van der Waals surface area contributed by atoms with E-state index in [1.54, 1.807) is 0 Å². The standard InChI is InChI=1S/C14H15F4N/c1-3-6-12(19-9-4-2)10-7-5-8-11(13(10)15)14(16,17)18/h1,5,7-8,12,19H,4,6,9H2,2H3. The van der Waals surface area contributed by atoms with Crippen LogP contribution in [-0.4, -0.2) is 6.54 Å². The summed E-state index contributed by atoms with van der Waals surface area (Å²) in [7, 11) is 0. The molecule has 5 heteroatoms. The van der Waals surface area contributed by atoms with E-state index >= 15 is 0 Å². The predicted molar refractivity (Wildman–Crippen MR) is 65.9 cm³/mol. The van der Waals surface area contributed by atoms with Crippen LogP contribution in [0.15, 0.2) is 18.2 Å². The third-order valence-electron chi connectivity index (χ3n) is 2.67. The first-order chi connectivity index (χ1) is 8.91. The molecule has 0 aromatic heterocycles. The first-order valence-corrected chi connectivity index (χ1v) is 5.94. The lowest BCUT2D eigenvalue weighted by Gasteiger charge is -2.19. The normalized spacial score (nSPS) is 13.1. The van der Waals surface area contributed by atoms with Crippen LogP contribution < -0.4 is 5.32 Å². The third kappa shape index (κ3) is 3.97. The van der Waals surface area contributed by atoms with Crippen LogP contribution in [-0.2, 0) is 6.18 Å². The van der Waals surface area contributed by atoms with Crippen molar-refractivity contribution in [3.63, 3.8) is 0 Å². The molecule has 1 N–H and O–H groups in total. The number of alkyl halides is 3. The Balaban J connectivity index is 3.14. The van der Waals surface area contributed by atoms with E-state index in [0.717, 1.165) is 12.5 Å². The molecule has 0 amide bonds. The van der Waals surface area contributed by atoms with Crippen molar-refractivity contribution in [3.05, 3.63) is 35.1 Å². The summed E-state index contributed by atoms with van der Waals surface area (Å²) in [6, 6.07) is 2.64. The van der Waals surface area contributed by atoms with Gasteiger partial charge in [0, 0.05) is 18.0 Å². The van der Waals surface area contributed by atoms with Gasteiger partial charge in [0.15, 0.2) is 0 Å². The van der Waals surface area contributed by atoms with Crippen LogP contribution in [0.1, 0.15) is 36.9 Å². The molecular formula is C14H15F4N. The van der Waals surface area contributed by atoms with Gasteiger partial charge in [-0.15, -0.1) is 12.3 Å². The van der Waals surface area contributed by atoms with E-state index in [0.29, 0.717) is 6.54 Å². The van der Waals surface area contributed by atoms with E-state index in [1.165, 1.54) is 12.1 Å². The summed E-state index contributed by atoms with van der Waals surface area (Å²) in [5.74, 6) is 1.10. The van der Waals surface area contributed by atoms with E-state index in [-0.39, 0.29) is 12.0 Å². The van der Waals surface area contributed by atoms with Gasteiger partial charge < -0.3 is 5.32 Å². The summed E-state index contributed by atoms with van der Waals surface area (Å²) in [4.78, 5) is 0. The van der Waals surface area contributed by atoms with Crippen LogP contribution in [0.4, 0.5) is 17.6 Å². The maximum absolute atomic E-state index is 13.9. The minimum absolute atomic E-state index is 0.0405. The van der Waals surface area contributed by atoms with Crippen molar-refractivity contribution in [2.75, 3.05) is 6.54 Å². The van der Waals surface area contributed by atoms with Crippen LogP contribution in [0.3, 0.4) is 0 Å². The minimum Gasteiger partial charge on any atom is -0.309 e. The average Bonchev–Trinajstić information content (AvgIpc) is 2.33. The molecule has 0 heterocycles. The highest BCUT2D eigenvalue weighted by atomic mass is 19.4. The van der Waals surface area contributed by atoms with Gasteiger partial charge >= 0.3 is 6.18 Å². The molecule has 104 valence electrons. The second kappa shape index (κ2) is 6.58. The molecule has 1 aromatic carbocycles. The van der Waals surface area contributed by atoms with Crippen molar-refractivity contribution in [2.45, 2.75) is 32.0 Å². The zero-order chi connectivity index (χ0) is 14.5.